The Kier molecular flexibility index (Phi) is 6.13. The van der Waals surface area contributed by atoms with E-state index in [1.807, 2.05) is 0 Å². The van der Waals surface area contributed by atoms with Crippen molar-refractivity contribution in [2.24, 2.45) is 11.8 Å². The maximum atomic E-state index is 12.4. The van der Waals surface area contributed by atoms with E-state index < -0.39 is 0 Å². The standard InChI is InChI=1S/C21H23ClN4O4/c22-14-9-7-13(8-10-14)19-24-18(30-25-19)12-23-17(27)6-3-11-26-20(28)15-4-1-2-5-16(15)21(26)29/h7-10,15-16H,1-6,11-12H2,(H,23,27)/t15-,16-/m1/s1. The fraction of sp³-hybridized carbons (Fsp3) is 0.476. The third-order valence-corrected chi connectivity index (χ3v) is 5.98. The normalized spacial score (nSPS) is 21.0. The highest BCUT2D eigenvalue weighted by atomic mass is 35.5. The van der Waals surface area contributed by atoms with Crippen molar-refractivity contribution in [3.05, 3.63) is 35.2 Å². The molecule has 3 amide bonds. The molecular weight excluding hydrogens is 408 g/mol. The molecule has 0 spiro atoms. The Bertz CT molecular complexity index is 919. The van der Waals surface area contributed by atoms with Gasteiger partial charge in [-0.2, -0.15) is 4.98 Å². The lowest BCUT2D eigenvalue weighted by atomic mass is 9.81. The molecule has 1 saturated heterocycles. The summed E-state index contributed by atoms with van der Waals surface area (Å²) >= 11 is 5.87. The van der Waals surface area contributed by atoms with Crippen LogP contribution in [-0.2, 0) is 20.9 Å². The molecule has 1 aromatic heterocycles. The van der Waals surface area contributed by atoms with E-state index in [9.17, 15) is 14.4 Å². The Hall–Kier alpha value is -2.74. The highest BCUT2D eigenvalue weighted by molar-refractivity contribution is 6.30. The molecule has 9 heteroatoms. The summed E-state index contributed by atoms with van der Waals surface area (Å²) in [4.78, 5) is 42.6. The number of hydrogen-bond acceptors (Lipinski definition) is 6. The molecule has 1 aromatic carbocycles. The zero-order chi connectivity index (χ0) is 21.1. The zero-order valence-corrected chi connectivity index (χ0v) is 17.2. The van der Waals surface area contributed by atoms with Crippen molar-refractivity contribution < 1.29 is 18.9 Å². The Morgan fingerprint density at radius 1 is 1.13 bits per heavy atom. The van der Waals surface area contributed by atoms with Crippen LogP contribution >= 0.6 is 11.6 Å². The van der Waals surface area contributed by atoms with Crippen LogP contribution in [-0.4, -0.2) is 39.3 Å². The van der Waals surface area contributed by atoms with Crippen molar-refractivity contribution in [2.45, 2.75) is 45.1 Å². The van der Waals surface area contributed by atoms with Gasteiger partial charge < -0.3 is 9.84 Å². The largest absolute Gasteiger partial charge is 0.347 e. The molecule has 1 aliphatic heterocycles. The first kappa shape index (κ1) is 20.5. The summed E-state index contributed by atoms with van der Waals surface area (Å²) in [5.74, 6) is 0.0970. The van der Waals surface area contributed by atoms with Crippen LogP contribution in [0.4, 0.5) is 0 Å². The summed E-state index contributed by atoms with van der Waals surface area (Å²) in [5.41, 5.74) is 0.765. The third kappa shape index (κ3) is 4.38. The minimum absolute atomic E-state index is 0.0642. The highest BCUT2D eigenvalue weighted by Gasteiger charge is 2.47. The van der Waals surface area contributed by atoms with Crippen LogP contribution in [0.1, 0.15) is 44.4 Å². The molecule has 2 aromatic rings. The second-order valence-electron chi connectivity index (χ2n) is 7.72. The van der Waals surface area contributed by atoms with Gasteiger partial charge in [-0.1, -0.05) is 29.6 Å². The lowest BCUT2D eigenvalue weighted by Crippen LogP contribution is -2.33. The number of rotatable bonds is 7. The number of aromatic nitrogens is 2. The van der Waals surface area contributed by atoms with Gasteiger partial charge >= 0.3 is 0 Å². The van der Waals surface area contributed by atoms with Gasteiger partial charge in [0.15, 0.2) is 0 Å². The average Bonchev–Trinajstić information content (AvgIpc) is 3.32. The predicted molar refractivity (Wildman–Crippen MR) is 108 cm³/mol. The van der Waals surface area contributed by atoms with Crippen LogP contribution in [0.3, 0.4) is 0 Å². The molecule has 2 atom stereocenters. The summed E-state index contributed by atoms with van der Waals surface area (Å²) in [6.45, 7) is 0.407. The number of carbonyl (C=O) groups is 3. The maximum Gasteiger partial charge on any atom is 0.246 e. The van der Waals surface area contributed by atoms with Gasteiger partial charge in [0.2, 0.25) is 29.4 Å². The zero-order valence-electron chi connectivity index (χ0n) is 16.5. The van der Waals surface area contributed by atoms with Crippen molar-refractivity contribution in [3.63, 3.8) is 0 Å². The topological polar surface area (TPSA) is 105 Å². The first-order valence-electron chi connectivity index (χ1n) is 10.2. The van der Waals surface area contributed by atoms with Crippen LogP contribution in [0.25, 0.3) is 11.4 Å². The molecule has 8 nitrogen and oxygen atoms in total. The minimum Gasteiger partial charge on any atom is -0.347 e. The van der Waals surface area contributed by atoms with Crippen LogP contribution in [0.15, 0.2) is 28.8 Å². The van der Waals surface area contributed by atoms with Gasteiger partial charge in [-0.25, -0.2) is 0 Å². The summed E-state index contributed by atoms with van der Waals surface area (Å²) in [6, 6.07) is 7.04. The number of nitrogens with zero attached hydrogens (tertiary/aromatic N) is 3. The van der Waals surface area contributed by atoms with Crippen molar-refractivity contribution in [1.29, 1.82) is 0 Å². The molecule has 30 heavy (non-hydrogen) atoms. The Labute approximate surface area is 179 Å². The summed E-state index contributed by atoms with van der Waals surface area (Å²) in [5, 5.41) is 7.24. The molecule has 0 radical (unpaired) electrons. The molecule has 2 heterocycles. The molecule has 2 aliphatic rings. The number of hydrogen-bond donors (Lipinski definition) is 1. The van der Waals surface area contributed by atoms with E-state index in [1.165, 1.54) is 4.90 Å². The molecule has 0 bridgehead atoms. The third-order valence-electron chi connectivity index (χ3n) is 5.73. The van der Waals surface area contributed by atoms with E-state index in [2.05, 4.69) is 15.5 Å². The molecule has 4 rings (SSSR count). The van der Waals surface area contributed by atoms with Crippen molar-refractivity contribution in [3.8, 4) is 11.4 Å². The maximum absolute atomic E-state index is 12.4. The molecule has 1 N–H and O–H groups in total. The smallest absolute Gasteiger partial charge is 0.246 e. The second-order valence-corrected chi connectivity index (χ2v) is 8.16. The Balaban J connectivity index is 1.22. The molecule has 0 unspecified atom stereocenters. The lowest BCUT2D eigenvalue weighted by Gasteiger charge is -2.19. The number of nitrogens with one attached hydrogen (secondary N) is 1. The fourth-order valence-corrected chi connectivity index (χ4v) is 4.28. The summed E-state index contributed by atoms with van der Waals surface area (Å²) in [6.07, 6.45) is 4.26. The van der Waals surface area contributed by atoms with E-state index >= 15 is 0 Å². The number of benzene rings is 1. The van der Waals surface area contributed by atoms with Gasteiger partial charge in [-0.3, -0.25) is 19.3 Å². The van der Waals surface area contributed by atoms with Crippen molar-refractivity contribution in [2.75, 3.05) is 6.54 Å². The average molecular weight is 431 g/mol. The molecule has 2 fully saturated rings. The molecule has 1 saturated carbocycles. The number of fused-ring (bicyclic) bond motifs is 1. The van der Waals surface area contributed by atoms with Crippen LogP contribution in [0.5, 0.6) is 0 Å². The number of likely N-dealkylation sites (tertiary alicyclic amines) is 1. The van der Waals surface area contributed by atoms with Gasteiger partial charge in [0.05, 0.1) is 18.4 Å². The number of imide groups is 1. The first-order valence-corrected chi connectivity index (χ1v) is 10.6. The van der Waals surface area contributed by atoms with Crippen molar-refractivity contribution >= 4 is 29.3 Å². The van der Waals surface area contributed by atoms with Gasteiger partial charge in [0, 0.05) is 23.6 Å². The van der Waals surface area contributed by atoms with Gasteiger partial charge in [-0.05, 0) is 43.5 Å². The Morgan fingerprint density at radius 2 is 1.80 bits per heavy atom. The highest BCUT2D eigenvalue weighted by Crippen LogP contribution is 2.38. The fourth-order valence-electron chi connectivity index (χ4n) is 4.15. The molecular formula is C21H23ClN4O4. The van der Waals surface area contributed by atoms with E-state index in [1.54, 1.807) is 24.3 Å². The number of carbonyl (C=O) groups excluding carboxylic acids is 3. The Morgan fingerprint density at radius 3 is 2.47 bits per heavy atom. The van der Waals surface area contributed by atoms with Crippen molar-refractivity contribution in [1.82, 2.24) is 20.4 Å². The van der Waals surface area contributed by atoms with Gasteiger partial charge in [0.1, 0.15) is 0 Å². The van der Waals surface area contributed by atoms with Crippen LogP contribution in [0, 0.1) is 11.8 Å². The molecule has 1 aliphatic carbocycles. The monoisotopic (exact) mass is 430 g/mol. The number of halogens is 1. The van der Waals surface area contributed by atoms with Gasteiger partial charge in [-0.15, -0.1) is 0 Å². The predicted octanol–water partition coefficient (Wildman–Crippen LogP) is 2.96. The van der Waals surface area contributed by atoms with Crippen LogP contribution in [0.2, 0.25) is 5.02 Å². The lowest BCUT2D eigenvalue weighted by molar-refractivity contribution is -0.140. The van der Waals surface area contributed by atoms with E-state index in [-0.39, 0.29) is 42.5 Å². The summed E-state index contributed by atoms with van der Waals surface area (Å²) < 4.78 is 5.16. The summed E-state index contributed by atoms with van der Waals surface area (Å²) in [7, 11) is 0. The SMILES string of the molecule is O=C(CCCN1C(=O)[C@@H]2CCCC[C@H]2C1=O)NCc1nc(-c2ccc(Cl)cc2)no1. The van der Waals surface area contributed by atoms with Gasteiger partial charge in [0.25, 0.3) is 0 Å². The van der Waals surface area contributed by atoms with E-state index in [0.717, 1.165) is 31.2 Å². The number of amides is 3. The second kappa shape index (κ2) is 8.95. The first-order chi connectivity index (χ1) is 14.5. The quantitative estimate of drug-likeness (QED) is 0.677. The molecule has 158 valence electrons. The van der Waals surface area contributed by atoms with E-state index in [4.69, 9.17) is 16.1 Å². The van der Waals surface area contributed by atoms with Crippen LogP contribution < -0.4 is 5.32 Å². The minimum atomic E-state index is -0.197. The van der Waals surface area contributed by atoms with E-state index in [0.29, 0.717) is 29.7 Å².